The molecule has 1 aromatic carbocycles. The zero-order valence-corrected chi connectivity index (χ0v) is 35.4. The quantitative estimate of drug-likeness (QED) is 0.167. The molecular weight excluding hydrogens is 720 g/mol. The number of Topliss-reactive ketones (excluding diaryl/α,β-unsaturated/α-hetero) is 1. The number of fused-ring (bicyclic) bond motifs is 5. The fourth-order valence-electron chi connectivity index (χ4n) is 9.37. The second-order valence-corrected chi connectivity index (χ2v) is 17.2. The Hall–Kier alpha value is -2.94. The lowest BCUT2D eigenvalue weighted by atomic mass is 9.75. The second kappa shape index (κ2) is 18.8. The summed E-state index contributed by atoms with van der Waals surface area (Å²) in [5.41, 5.74) is -0.673. The molecule has 4 aliphatic rings. The van der Waals surface area contributed by atoms with Gasteiger partial charge in [0.15, 0.2) is 23.8 Å². The third-order valence-electron chi connectivity index (χ3n) is 12.4. The topological polar surface area (TPSA) is 141 Å². The van der Waals surface area contributed by atoms with Gasteiger partial charge in [0.25, 0.3) is 0 Å². The van der Waals surface area contributed by atoms with Crippen molar-refractivity contribution in [1.29, 1.82) is 0 Å². The van der Waals surface area contributed by atoms with Crippen LogP contribution in [0.2, 0.25) is 0 Å². The van der Waals surface area contributed by atoms with Crippen molar-refractivity contribution < 1.29 is 52.4 Å². The summed E-state index contributed by atoms with van der Waals surface area (Å²) in [5, 5.41) is 4.51. The monoisotopic (exact) mass is 786 g/mol. The Balaban J connectivity index is 1.56. The highest BCUT2D eigenvalue weighted by molar-refractivity contribution is 5.92. The number of oxime groups is 1. The summed E-state index contributed by atoms with van der Waals surface area (Å²) in [6.45, 7) is 17.1. The van der Waals surface area contributed by atoms with E-state index in [1.807, 2.05) is 71.8 Å². The number of carbonyl (C=O) groups excluding carboxylic acids is 3. The Morgan fingerprint density at radius 1 is 1.00 bits per heavy atom. The Bertz CT molecular complexity index is 1520. The normalized spacial score (nSPS) is 40.5. The van der Waals surface area contributed by atoms with Gasteiger partial charge in [0.2, 0.25) is 0 Å². The minimum atomic E-state index is -1.31. The molecule has 4 aliphatic heterocycles. The third kappa shape index (κ3) is 9.84. The van der Waals surface area contributed by atoms with Gasteiger partial charge in [-0.15, -0.1) is 0 Å². The van der Waals surface area contributed by atoms with E-state index in [1.165, 1.54) is 12.5 Å². The molecule has 0 amide bonds. The van der Waals surface area contributed by atoms with Gasteiger partial charge < -0.3 is 42.9 Å². The van der Waals surface area contributed by atoms with E-state index >= 15 is 0 Å². The van der Waals surface area contributed by atoms with Crippen molar-refractivity contribution in [2.75, 3.05) is 33.9 Å². The maximum atomic E-state index is 14.2. The molecule has 3 unspecified atom stereocenters. The summed E-state index contributed by atoms with van der Waals surface area (Å²) in [6, 6.07) is 10.0. The van der Waals surface area contributed by atoms with Crippen LogP contribution in [0, 0.1) is 23.7 Å². The summed E-state index contributed by atoms with van der Waals surface area (Å²) < 4.78 is 46.1. The largest absolute Gasteiger partial charge is 0.459 e. The molecule has 0 N–H and O–H groups in total. The molecule has 0 spiro atoms. The minimum absolute atomic E-state index is 0.0373. The predicted molar refractivity (Wildman–Crippen MR) is 209 cm³/mol. The van der Waals surface area contributed by atoms with Crippen molar-refractivity contribution in [3.8, 4) is 0 Å². The number of ketones is 1. The first-order valence-corrected chi connectivity index (χ1v) is 20.5. The zero-order chi connectivity index (χ0) is 40.9. The molecule has 4 bridgehead atoms. The summed E-state index contributed by atoms with van der Waals surface area (Å²) >= 11 is 0. The van der Waals surface area contributed by atoms with Crippen LogP contribution in [0.4, 0.5) is 0 Å². The van der Waals surface area contributed by atoms with Crippen molar-refractivity contribution in [2.45, 2.75) is 155 Å². The first-order valence-electron chi connectivity index (χ1n) is 20.5. The summed E-state index contributed by atoms with van der Waals surface area (Å²) in [4.78, 5) is 48.6. The number of nitrogens with zero attached hydrogens (tertiary/aromatic N) is 2. The SMILES string of the molecule is CC[C@H]1OC(=O)[C@H](C)[C@H]2OC/C(=N\OCCCc3ccccc3)CO[C@](C)(C[C@@H](C)C3OC1(C)C(=O)C3C)[C@H](O[C@@H]1O[C@H](C)C[C@H](N(C)C)[C@H]1OC(C)=O)[C@@H]2C. The third-order valence-corrected chi connectivity index (χ3v) is 12.4. The molecule has 13 heteroatoms. The van der Waals surface area contributed by atoms with Crippen LogP contribution in [-0.4, -0.2) is 122 Å². The Labute approximate surface area is 333 Å². The highest BCUT2D eigenvalue weighted by Gasteiger charge is 2.59. The molecule has 4 fully saturated rings. The van der Waals surface area contributed by atoms with E-state index < -0.39 is 77.7 Å². The van der Waals surface area contributed by atoms with Crippen LogP contribution in [0.15, 0.2) is 35.5 Å². The van der Waals surface area contributed by atoms with E-state index in [9.17, 15) is 14.4 Å². The van der Waals surface area contributed by atoms with Crippen LogP contribution >= 0.6 is 0 Å². The molecule has 0 aromatic heterocycles. The molecule has 13 nitrogen and oxygen atoms in total. The first kappa shape index (κ1) is 44.2. The van der Waals surface area contributed by atoms with E-state index in [4.69, 9.17) is 38.0 Å². The van der Waals surface area contributed by atoms with Crippen molar-refractivity contribution in [1.82, 2.24) is 4.90 Å². The average molecular weight is 787 g/mol. The summed E-state index contributed by atoms with van der Waals surface area (Å²) in [5.74, 6) is -3.04. The van der Waals surface area contributed by atoms with Crippen LogP contribution in [0.3, 0.4) is 0 Å². The highest BCUT2D eigenvalue weighted by Crippen LogP contribution is 2.45. The number of cyclic esters (lactones) is 1. The molecule has 14 atom stereocenters. The average Bonchev–Trinajstić information content (AvgIpc) is 3.41. The van der Waals surface area contributed by atoms with Gasteiger partial charge in [0.05, 0.1) is 55.2 Å². The highest BCUT2D eigenvalue weighted by atomic mass is 16.7. The fraction of sp³-hybridized carbons (Fsp3) is 0.767. The lowest BCUT2D eigenvalue weighted by Crippen LogP contribution is -2.60. The summed E-state index contributed by atoms with van der Waals surface area (Å²) in [7, 11) is 3.89. The lowest BCUT2D eigenvalue weighted by Gasteiger charge is -2.48. The van der Waals surface area contributed by atoms with Gasteiger partial charge >= 0.3 is 11.9 Å². The van der Waals surface area contributed by atoms with Crippen LogP contribution < -0.4 is 0 Å². The predicted octanol–water partition coefficient (Wildman–Crippen LogP) is 5.54. The number of hydrogen-bond donors (Lipinski definition) is 0. The minimum Gasteiger partial charge on any atom is -0.459 e. The van der Waals surface area contributed by atoms with Crippen molar-refractivity contribution >= 4 is 23.4 Å². The van der Waals surface area contributed by atoms with Gasteiger partial charge in [0.1, 0.15) is 18.4 Å². The van der Waals surface area contributed by atoms with Crippen LogP contribution in [0.25, 0.3) is 0 Å². The number of hydrogen-bond acceptors (Lipinski definition) is 13. The molecule has 5 rings (SSSR count). The Morgan fingerprint density at radius 2 is 1.71 bits per heavy atom. The molecule has 56 heavy (non-hydrogen) atoms. The van der Waals surface area contributed by atoms with Gasteiger partial charge in [0, 0.05) is 18.8 Å². The van der Waals surface area contributed by atoms with Gasteiger partial charge in [-0.3, -0.25) is 14.4 Å². The van der Waals surface area contributed by atoms with E-state index in [2.05, 4.69) is 24.2 Å². The maximum Gasteiger partial charge on any atom is 0.311 e. The van der Waals surface area contributed by atoms with Gasteiger partial charge in [-0.2, -0.15) is 0 Å². The van der Waals surface area contributed by atoms with Crippen molar-refractivity contribution in [3.05, 3.63) is 35.9 Å². The smallest absolute Gasteiger partial charge is 0.311 e. The molecule has 314 valence electrons. The number of aryl methyl sites for hydroxylation is 1. The molecule has 4 saturated heterocycles. The van der Waals surface area contributed by atoms with E-state index in [1.54, 1.807) is 13.8 Å². The van der Waals surface area contributed by atoms with Crippen molar-refractivity contribution in [2.24, 2.45) is 28.8 Å². The number of esters is 2. The van der Waals surface area contributed by atoms with Crippen molar-refractivity contribution in [3.63, 3.8) is 0 Å². The first-order chi connectivity index (χ1) is 26.5. The molecular formula is C43H66N2O11. The zero-order valence-electron chi connectivity index (χ0n) is 35.4. The van der Waals surface area contributed by atoms with Crippen LogP contribution in [0.5, 0.6) is 0 Å². The molecule has 1 aromatic rings. The fourth-order valence-corrected chi connectivity index (χ4v) is 9.37. The second-order valence-electron chi connectivity index (χ2n) is 17.2. The van der Waals surface area contributed by atoms with Crippen LogP contribution in [-0.2, 0) is 58.8 Å². The van der Waals surface area contributed by atoms with E-state index in [-0.39, 0.29) is 37.1 Å². The van der Waals surface area contributed by atoms with Gasteiger partial charge in [-0.1, -0.05) is 63.2 Å². The number of ether oxygens (including phenoxy) is 7. The summed E-state index contributed by atoms with van der Waals surface area (Å²) in [6.07, 6.45) is -1.75. The number of carbonyl (C=O) groups is 3. The standard InChI is InChI=1S/C43H66N2O11/c1-12-34-43(9)38(47)27(4)35(56-43)25(2)22-42(8)39(55-41-37(53-30(7)46)33(45(10)11)21-26(3)52-41)28(5)36(29(6)40(48)54-34)49-23-32(24-50-42)44-51-20-16-19-31-17-14-13-15-18-31/h13-15,17-18,25-29,33-37,39,41H,12,16,19-24H2,1-11H3/b44-32+/t25-,26-,27?,28-,29-,33+,34-,35?,36+,37-,39-,41+,42-,43?/m1/s1. The maximum absolute atomic E-state index is 14.2. The number of likely N-dealkylation sites (N-methyl/N-ethyl adjacent to an activating group) is 1. The molecule has 0 aliphatic carbocycles. The Morgan fingerprint density at radius 3 is 2.38 bits per heavy atom. The van der Waals surface area contributed by atoms with E-state index in [0.29, 0.717) is 31.6 Å². The van der Waals surface area contributed by atoms with Crippen LogP contribution in [0.1, 0.15) is 93.6 Å². The lowest BCUT2D eigenvalue weighted by molar-refractivity contribution is -0.305. The molecule has 0 radical (unpaired) electrons. The van der Waals surface area contributed by atoms with Gasteiger partial charge in [-0.05, 0) is 85.4 Å². The molecule has 4 heterocycles. The molecule has 0 saturated carbocycles. The number of rotatable bonds is 10. The number of benzene rings is 1. The Kier molecular flexibility index (Phi) is 14.8. The van der Waals surface area contributed by atoms with E-state index in [0.717, 1.165) is 12.8 Å². The van der Waals surface area contributed by atoms with Gasteiger partial charge in [-0.25, -0.2) is 0 Å².